The molecule has 0 fully saturated rings. The topological polar surface area (TPSA) is 72.8 Å². The van der Waals surface area contributed by atoms with Crippen LogP contribution >= 0.6 is 0 Å². The first-order chi connectivity index (χ1) is 8.16. The molecular weight excluding hydrogens is 224 g/mol. The molecule has 0 unspecified atom stereocenters. The van der Waals surface area contributed by atoms with E-state index in [9.17, 15) is 9.59 Å². The zero-order valence-electron chi connectivity index (χ0n) is 8.88. The van der Waals surface area contributed by atoms with Gasteiger partial charge in [0.05, 0.1) is 5.56 Å². The van der Waals surface area contributed by atoms with Crippen LogP contribution in [0.5, 0.6) is 11.5 Å². The zero-order valence-corrected chi connectivity index (χ0v) is 8.88. The molecule has 0 radical (unpaired) electrons. The van der Waals surface area contributed by atoms with E-state index in [1.165, 1.54) is 6.08 Å². The Morgan fingerprint density at radius 1 is 1.53 bits per heavy atom. The van der Waals surface area contributed by atoms with E-state index < -0.39 is 5.97 Å². The summed E-state index contributed by atoms with van der Waals surface area (Å²) < 4.78 is 10.4. The van der Waals surface area contributed by atoms with Gasteiger partial charge in [-0.05, 0) is 18.2 Å². The van der Waals surface area contributed by atoms with Gasteiger partial charge < -0.3 is 14.6 Å². The molecular formula is C12H10O5. The molecule has 0 saturated carbocycles. The summed E-state index contributed by atoms with van der Waals surface area (Å²) in [5.74, 6) is -0.0167. The van der Waals surface area contributed by atoms with Gasteiger partial charge >= 0.3 is 5.97 Å². The molecule has 1 aromatic carbocycles. The number of hydrogen-bond acceptors (Lipinski definition) is 4. The van der Waals surface area contributed by atoms with Crippen LogP contribution in [0.2, 0.25) is 0 Å². The molecule has 1 aromatic rings. The second-order valence-corrected chi connectivity index (χ2v) is 3.42. The van der Waals surface area contributed by atoms with Gasteiger partial charge in [-0.15, -0.1) is 0 Å². The maximum Gasteiger partial charge on any atom is 0.328 e. The summed E-state index contributed by atoms with van der Waals surface area (Å²) in [6.07, 6.45) is 2.40. The fourth-order valence-corrected chi connectivity index (χ4v) is 1.46. The van der Waals surface area contributed by atoms with Crippen molar-refractivity contribution in [2.24, 2.45) is 0 Å². The van der Waals surface area contributed by atoms with Gasteiger partial charge in [0, 0.05) is 12.1 Å². The Bertz CT molecular complexity index is 490. The summed E-state index contributed by atoms with van der Waals surface area (Å²) in [5, 5.41) is 8.37. The molecule has 1 aliphatic heterocycles. The van der Waals surface area contributed by atoms with Crippen LogP contribution in [0, 0.1) is 0 Å². The number of carboxylic acids is 1. The van der Waals surface area contributed by atoms with E-state index in [-0.39, 0.29) is 19.0 Å². The first kappa shape index (κ1) is 11.2. The normalized spacial score (nSPS) is 13.5. The number of carboxylic acid groups (broad SMARTS) is 1. The van der Waals surface area contributed by atoms with E-state index in [4.69, 9.17) is 14.6 Å². The molecule has 0 aromatic heterocycles. The van der Waals surface area contributed by atoms with Gasteiger partial charge in [-0.3, -0.25) is 4.79 Å². The molecule has 5 nitrogen and oxygen atoms in total. The van der Waals surface area contributed by atoms with E-state index in [0.29, 0.717) is 17.1 Å². The van der Waals surface area contributed by atoms with Gasteiger partial charge in [-0.25, -0.2) is 4.79 Å². The number of hydrogen-bond donors (Lipinski definition) is 1. The summed E-state index contributed by atoms with van der Waals surface area (Å²) in [7, 11) is 0. The Balaban J connectivity index is 1.99. The van der Waals surface area contributed by atoms with Crippen LogP contribution in [0.25, 0.3) is 0 Å². The van der Waals surface area contributed by atoms with Crippen LogP contribution in [0.3, 0.4) is 0 Å². The number of benzene rings is 1. The van der Waals surface area contributed by atoms with Crippen molar-refractivity contribution in [1.82, 2.24) is 0 Å². The molecule has 17 heavy (non-hydrogen) atoms. The van der Waals surface area contributed by atoms with Gasteiger partial charge in [0.1, 0.15) is 18.1 Å². The van der Waals surface area contributed by atoms with Crippen molar-refractivity contribution in [3.63, 3.8) is 0 Å². The number of rotatable bonds is 4. The summed E-state index contributed by atoms with van der Waals surface area (Å²) >= 11 is 0. The SMILES string of the molecule is O=C(O)/C=C/COc1ccc2c(c1)OCC2=O. The molecule has 2 rings (SSSR count). The summed E-state index contributed by atoms with van der Waals surface area (Å²) in [6.45, 7) is 0.219. The van der Waals surface area contributed by atoms with Crippen LogP contribution in [0.15, 0.2) is 30.4 Å². The van der Waals surface area contributed by atoms with Gasteiger partial charge in [0.15, 0.2) is 6.61 Å². The number of fused-ring (bicyclic) bond motifs is 1. The molecule has 0 spiro atoms. The Morgan fingerprint density at radius 3 is 3.12 bits per heavy atom. The Hall–Kier alpha value is -2.30. The predicted octanol–water partition coefficient (Wildman–Crippen LogP) is 1.28. The minimum Gasteiger partial charge on any atom is -0.489 e. The third-order valence-electron chi connectivity index (χ3n) is 2.22. The Kier molecular flexibility index (Phi) is 3.09. The van der Waals surface area contributed by atoms with Crippen molar-refractivity contribution >= 4 is 11.8 Å². The second kappa shape index (κ2) is 4.69. The van der Waals surface area contributed by atoms with Gasteiger partial charge in [0.25, 0.3) is 0 Å². The molecule has 1 heterocycles. The molecule has 1 aliphatic rings. The average Bonchev–Trinajstić information content (AvgIpc) is 2.66. The zero-order chi connectivity index (χ0) is 12.3. The van der Waals surface area contributed by atoms with Gasteiger partial charge in [0.2, 0.25) is 5.78 Å². The van der Waals surface area contributed by atoms with Crippen molar-refractivity contribution in [2.45, 2.75) is 0 Å². The van der Waals surface area contributed by atoms with Crippen LogP contribution in [-0.2, 0) is 4.79 Å². The van der Waals surface area contributed by atoms with Crippen molar-refractivity contribution in [2.75, 3.05) is 13.2 Å². The Labute approximate surface area is 97.3 Å². The minimum absolute atomic E-state index is 0.0441. The lowest BCUT2D eigenvalue weighted by Gasteiger charge is -2.04. The number of Topliss-reactive ketones (excluding diaryl/α,β-unsaturated/α-hetero) is 1. The molecule has 0 aliphatic carbocycles. The van der Waals surface area contributed by atoms with Crippen molar-refractivity contribution in [3.05, 3.63) is 35.9 Å². The molecule has 0 atom stereocenters. The molecule has 0 bridgehead atoms. The van der Waals surface area contributed by atoms with Gasteiger partial charge in [-0.2, -0.15) is 0 Å². The lowest BCUT2D eigenvalue weighted by molar-refractivity contribution is -0.131. The van der Waals surface area contributed by atoms with Crippen LogP contribution in [0.1, 0.15) is 10.4 Å². The van der Waals surface area contributed by atoms with Crippen LogP contribution in [0.4, 0.5) is 0 Å². The first-order valence-corrected chi connectivity index (χ1v) is 4.99. The lowest BCUT2D eigenvalue weighted by atomic mass is 10.1. The van der Waals surface area contributed by atoms with Crippen LogP contribution in [-0.4, -0.2) is 30.1 Å². The second-order valence-electron chi connectivity index (χ2n) is 3.42. The highest BCUT2D eigenvalue weighted by atomic mass is 16.5. The average molecular weight is 234 g/mol. The molecule has 0 amide bonds. The fraction of sp³-hybridized carbons (Fsp3) is 0.167. The van der Waals surface area contributed by atoms with Crippen molar-refractivity contribution in [1.29, 1.82) is 0 Å². The van der Waals surface area contributed by atoms with E-state index >= 15 is 0 Å². The highest BCUT2D eigenvalue weighted by molar-refractivity contribution is 6.02. The smallest absolute Gasteiger partial charge is 0.328 e. The number of ether oxygens (including phenoxy) is 2. The van der Waals surface area contributed by atoms with Gasteiger partial charge in [-0.1, -0.05) is 0 Å². The van der Waals surface area contributed by atoms with E-state index in [2.05, 4.69) is 0 Å². The molecule has 5 heteroatoms. The predicted molar refractivity (Wildman–Crippen MR) is 58.5 cm³/mol. The lowest BCUT2D eigenvalue weighted by Crippen LogP contribution is -1.98. The number of carbonyl (C=O) groups excluding carboxylic acids is 1. The summed E-state index contributed by atoms with van der Waals surface area (Å²) in [6, 6.07) is 4.91. The fourth-order valence-electron chi connectivity index (χ4n) is 1.46. The summed E-state index contributed by atoms with van der Waals surface area (Å²) in [5.41, 5.74) is 0.554. The van der Waals surface area contributed by atoms with E-state index in [0.717, 1.165) is 6.08 Å². The third kappa shape index (κ3) is 2.63. The molecule has 0 saturated heterocycles. The minimum atomic E-state index is -1.02. The number of ketones is 1. The number of carbonyl (C=O) groups is 2. The largest absolute Gasteiger partial charge is 0.489 e. The van der Waals surface area contributed by atoms with E-state index in [1.54, 1.807) is 18.2 Å². The Morgan fingerprint density at radius 2 is 2.35 bits per heavy atom. The van der Waals surface area contributed by atoms with E-state index in [1.807, 2.05) is 0 Å². The summed E-state index contributed by atoms with van der Waals surface area (Å²) in [4.78, 5) is 21.5. The first-order valence-electron chi connectivity index (χ1n) is 4.99. The maximum absolute atomic E-state index is 11.3. The highest BCUT2D eigenvalue weighted by Gasteiger charge is 2.21. The highest BCUT2D eigenvalue weighted by Crippen LogP contribution is 2.29. The standard InChI is InChI=1S/C12H10O5/c13-10-7-17-11-6-8(3-4-9(10)11)16-5-1-2-12(14)15/h1-4,6H,5,7H2,(H,14,15)/b2-1+. The molecule has 1 N–H and O–H groups in total. The van der Waals surface area contributed by atoms with Crippen molar-refractivity contribution in [3.8, 4) is 11.5 Å². The maximum atomic E-state index is 11.3. The van der Waals surface area contributed by atoms with Crippen molar-refractivity contribution < 1.29 is 24.2 Å². The number of aliphatic carboxylic acids is 1. The monoisotopic (exact) mass is 234 g/mol. The third-order valence-corrected chi connectivity index (χ3v) is 2.22. The molecule has 88 valence electrons. The van der Waals surface area contributed by atoms with Crippen LogP contribution < -0.4 is 9.47 Å². The quantitative estimate of drug-likeness (QED) is 0.794.